The predicted octanol–water partition coefficient (Wildman–Crippen LogP) is 2.56. The molecular weight excluding hydrogens is 203 g/mol. The van der Waals surface area contributed by atoms with E-state index in [0.29, 0.717) is 6.42 Å². The van der Waals surface area contributed by atoms with Crippen molar-refractivity contribution in [1.29, 1.82) is 0 Å². The molecule has 0 spiro atoms. The molecule has 1 aromatic carbocycles. The van der Waals surface area contributed by atoms with Crippen LogP contribution in [0.25, 0.3) is 0 Å². The second kappa shape index (κ2) is 5.85. The maximum Gasteiger partial charge on any atom is 0.128 e. The van der Waals surface area contributed by atoms with E-state index in [9.17, 15) is 4.39 Å². The third-order valence-electron chi connectivity index (χ3n) is 2.97. The van der Waals surface area contributed by atoms with Gasteiger partial charge < -0.3 is 10.6 Å². The molecule has 3 heteroatoms. The Hall–Kier alpha value is -1.09. The van der Waals surface area contributed by atoms with E-state index in [0.717, 1.165) is 24.2 Å². The van der Waals surface area contributed by atoms with Gasteiger partial charge in [-0.25, -0.2) is 4.39 Å². The topological polar surface area (TPSA) is 29.3 Å². The van der Waals surface area contributed by atoms with Crippen LogP contribution in [0.2, 0.25) is 0 Å². The summed E-state index contributed by atoms with van der Waals surface area (Å²) in [4.78, 5) is 2.04. The Kier molecular flexibility index (Phi) is 4.74. The van der Waals surface area contributed by atoms with E-state index < -0.39 is 0 Å². The van der Waals surface area contributed by atoms with Gasteiger partial charge in [0.05, 0.1) is 0 Å². The van der Waals surface area contributed by atoms with Crippen molar-refractivity contribution in [2.24, 2.45) is 5.73 Å². The molecule has 90 valence electrons. The van der Waals surface area contributed by atoms with Gasteiger partial charge in [-0.15, -0.1) is 0 Å². The smallest absolute Gasteiger partial charge is 0.128 e. The van der Waals surface area contributed by atoms with Gasteiger partial charge in [0.2, 0.25) is 0 Å². The monoisotopic (exact) mass is 224 g/mol. The number of rotatable bonds is 5. The number of nitrogens with zero attached hydrogens (tertiary/aromatic N) is 1. The van der Waals surface area contributed by atoms with E-state index in [1.807, 2.05) is 24.9 Å². The van der Waals surface area contributed by atoms with Crippen molar-refractivity contribution in [1.82, 2.24) is 0 Å². The minimum absolute atomic E-state index is 0.0286. The zero-order valence-electron chi connectivity index (χ0n) is 10.3. The van der Waals surface area contributed by atoms with Crippen LogP contribution in [0.15, 0.2) is 18.2 Å². The zero-order chi connectivity index (χ0) is 12.1. The summed E-state index contributed by atoms with van der Waals surface area (Å²) in [7, 11) is 1.97. The van der Waals surface area contributed by atoms with Crippen LogP contribution in [0.5, 0.6) is 0 Å². The molecule has 0 fully saturated rings. The van der Waals surface area contributed by atoms with Crippen molar-refractivity contribution < 1.29 is 4.39 Å². The lowest BCUT2D eigenvalue weighted by molar-refractivity contribution is 0.578. The lowest BCUT2D eigenvalue weighted by atomic mass is 10.0. The van der Waals surface area contributed by atoms with Crippen LogP contribution in [0.4, 0.5) is 10.1 Å². The number of nitrogens with two attached hydrogens (primary N) is 1. The summed E-state index contributed by atoms with van der Waals surface area (Å²) in [5.41, 5.74) is 7.59. The fourth-order valence-electron chi connectivity index (χ4n) is 1.68. The number of halogens is 1. The number of benzene rings is 1. The fourth-order valence-corrected chi connectivity index (χ4v) is 1.68. The van der Waals surface area contributed by atoms with Crippen LogP contribution in [0.3, 0.4) is 0 Å². The van der Waals surface area contributed by atoms with E-state index >= 15 is 0 Å². The first-order valence-electron chi connectivity index (χ1n) is 5.84. The Bertz CT molecular complexity index is 339. The molecule has 0 aliphatic rings. The number of hydrogen-bond donors (Lipinski definition) is 1. The second-order valence-corrected chi connectivity index (χ2v) is 4.12. The van der Waals surface area contributed by atoms with Crippen LogP contribution >= 0.6 is 0 Å². The fraction of sp³-hybridized carbons (Fsp3) is 0.538. The van der Waals surface area contributed by atoms with Crippen LogP contribution < -0.4 is 10.6 Å². The van der Waals surface area contributed by atoms with Crippen molar-refractivity contribution in [3.8, 4) is 0 Å². The first-order chi connectivity index (χ1) is 7.60. The van der Waals surface area contributed by atoms with Gasteiger partial charge in [0, 0.05) is 30.9 Å². The summed E-state index contributed by atoms with van der Waals surface area (Å²) < 4.78 is 13.8. The van der Waals surface area contributed by atoms with Crippen LogP contribution in [-0.4, -0.2) is 19.6 Å². The average molecular weight is 224 g/mol. The first-order valence-corrected chi connectivity index (χ1v) is 5.84. The summed E-state index contributed by atoms with van der Waals surface area (Å²) in [5.74, 6) is -0.151. The molecule has 0 saturated heterocycles. The molecule has 1 atom stereocenters. The Labute approximate surface area is 97.3 Å². The van der Waals surface area contributed by atoms with Gasteiger partial charge in [0.1, 0.15) is 5.82 Å². The molecule has 0 radical (unpaired) electrons. The van der Waals surface area contributed by atoms with Crippen molar-refractivity contribution >= 4 is 5.69 Å². The SMILES string of the molecule is CCC(N)Cc1c(F)cccc1N(C)CC. The molecule has 0 amide bonds. The zero-order valence-corrected chi connectivity index (χ0v) is 10.3. The summed E-state index contributed by atoms with van der Waals surface area (Å²) in [5, 5.41) is 0. The summed E-state index contributed by atoms with van der Waals surface area (Å²) >= 11 is 0. The van der Waals surface area contributed by atoms with Gasteiger partial charge in [0.15, 0.2) is 0 Å². The predicted molar refractivity (Wildman–Crippen MR) is 67.3 cm³/mol. The molecule has 2 nitrogen and oxygen atoms in total. The maximum atomic E-state index is 13.8. The normalized spacial score (nSPS) is 12.6. The third-order valence-corrected chi connectivity index (χ3v) is 2.97. The van der Waals surface area contributed by atoms with Crippen LogP contribution in [0.1, 0.15) is 25.8 Å². The highest BCUT2D eigenvalue weighted by Crippen LogP contribution is 2.23. The first kappa shape index (κ1) is 13.0. The molecule has 1 aromatic rings. The van der Waals surface area contributed by atoms with Crippen molar-refractivity contribution in [2.75, 3.05) is 18.5 Å². The van der Waals surface area contributed by atoms with Gasteiger partial charge in [-0.1, -0.05) is 13.0 Å². The minimum Gasteiger partial charge on any atom is -0.375 e. The standard InChI is InChI=1S/C13H21FN2/c1-4-10(15)9-11-12(14)7-6-8-13(11)16(3)5-2/h6-8,10H,4-5,9,15H2,1-3H3. The Morgan fingerprint density at radius 2 is 2.06 bits per heavy atom. The lowest BCUT2D eigenvalue weighted by Crippen LogP contribution is -2.25. The van der Waals surface area contributed by atoms with E-state index in [2.05, 4.69) is 6.92 Å². The molecule has 0 aromatic heterocycles. The molecule has 2 N–H and O–H groups in total. The van der Waals surface area contributed by atoms with Gasteiger partial charge in [-0.2, -0.15) is 0 Å². The summed E-state index contributed by atoms with van der Waals surface area (Å²) in [6.07, 6.45) is 1.46. The molecule has 16 heavy (non-hydrogen) atoms. The van der Waals surface area contributed by atoms with Gasteiger partial charge in [0.25, 0.3) is 0 Å². The van der Waals surface area contributed by atoms with Crippen molar-refractivity contribution in [2.45, 2.75) is 32.7 Å². The maximum absolute atomic E-state index is 13.8. The Morgan fingerprint density at radius 1 is 1.38 bits per heavy atom. The van der Waals surface area contributed by atoms with E-state index in [1.165, 1.54) is 6.07 Å². The van der Waals surface area contributed by atoms with Gasteiger partial charge in [-0.3, -0.25) is 0 Å². The Morgan fingerprint density at radius 3 is 2.62 bits per heavy atom. The van der Waals surface area contributed by atoms with E-state index in [4.69, 9.17) is 5.73 Å². The molecule has 1 unspecified atom stereocenters. The van der Waals surface area contributed by atoms with Crippen molar-refractivity contribution in [3.05, 3.63) is 29.6 Å². The van der Waals surface area contributed by atoms with E-state index in [-0.39, 0.29) is 11.9 Å². The second-order valence-electron chi connectivity index (χ2n) is 4.12. The molecule has 0 aliphatic heterocycles. The average Bonchev–Trinajstić information content (AvgIpc) is 2.30. The highest BCUT2D eigenvalue weighted by Gasteiger charge is 2.13. The number of hydrogen-bond acceptors (Lipinski definition) is 2. The van der Waals surface area contributed by atoms with Crippen LogP contribution in [-0.2, 0) is 6.42 Å². The Balaban J connectivity index is 3.03. The lowest BCUT2D eigenvalue weighted by Gasteiger charge is -2.22. The quantitative estimate of drug-likeness (QED) is 0.833. The third kappa shape index (κ3) is 2.95. The minimum atomic E-state index is -0.151. The van der Waals surface area contributed by atoms with E-state index in [1.54, 1.807) is 6.07 Å². The highest BCUT2D eigenvalue weighted by atomic mass is 19.1. The molecule has 0 saturated carbocycles. The van der Waals surface area contributed by atoms with Crippen LogP contribution in [0, 0.1) is 5.82 Å². The molecule has 0 bridgehead atoms. The summed E-state index contributed by atoms with van der Waals surface area (Å²) in [6, 6.07) is 5.23. The molecule has 0 aliphatic carbocycles. The molecule has 0 heterocycles. The largest absolute Gasteiger partial charge is 0.375 e. The number of anilines is 1. The summed E-state index contributed by atoms with van der Waals surface area (Å²) in [6.45, 7) is 4.93. The van der Waals surface area contributed by atoms with Crippen molar-refractivity contribution in [3.63, 3.8) is 0 Å². The van der Waals surface area contributed by atoms with Gasteiger partial charge >= 0.3 is 0 Å². The molecular formula is C13H21FN2. The molecule has 1 rings (SSSR count). The highest BCUT2D eigenvalue weighted by molar-refractivity contribution is 5.53. The van der Waals surface area contributed by atoms with Gasteiger partial charge in [-0.05, 0) is 31.9 Å².